The molecule has 0 aliphatic heterocycles. The van der Waals surface area contributed by atoms with Crippen molar-refractivity contribution in [3.63, 3.8) is 0 Å². The molecule has 0 saturated carbocycles. The van der Waals surface area contributed by atoms with Crippen molar-refractivity contribution in [1.29, 1.82) is 0 Å². The zero-order valence-corrected chi connectivity index (χ0v) is 13.2. The summed E-state index contributed by atoms with van der Waals surface area (Å²) in [4.78, 5) is 0. The van der Waals surface area contributed by atoms with Gasteiger partial charge in [0.1, 0.15) is 5.82 Å². The third kappa shape index (κ3) is 3.45. The maximum absolute atomic E-state index is 13.2. The third-order valence-corrected chi connectivity index (χ3v) is 4.18. The number of aryl methyl sites for hydroxylation is 2. The van der Waals surface area contributed by atoms with E-state index in [0.717, 1.165) is 21.2 Å². The van der Waals surface area contributed by atoms with E-state index in [2.05, 4.69) is 27.4 Å². The van der Waals surface area contributed by atoms with Gasteiger partial charge in [0.15, 0.2) is 0 Å². The van der Waals surface area contributed by atoms with E-state index in [1.807, 2.05) is 32.0 Å². The first kappa shape index (κ1) is 15.2. The zero-order valence-electron chi connectivity index (χ0n) is 11.6. The zero-order chi connectivity index (χ0) is 14.7. The van der Waals surface area contributed by atoms with Crippen LogP contribution in [0.5, 0.6) is 0 Å². The molecule has 0 heterocycles. The summed E-state index contributed by atoms with van der Waals surface area (Å²) in [5.41, 5.74) is 7.17. The number of hydrogen-bond donors (Lipinski definition) is 2. The molecule has 2 nitrogen and oxygen atoms in total. The maximum Gasteiger partial charge on any atom is 0.123 e. The molecule has 2 aromatic rings. The predicted molar refractivity (Wildman–Crippen MR) is 83.8 cm³/mol. The Morgan fingerprint density at radius 3 is 2.60 bits per heavy atom. The second-order valence-corrected chi connectivity index (χ2v) is 5.87. The number of halogens is 2. The van der Waals surface area contributed by atoms with Gasteiger partial charge in [0.05, 0.1) is 6.04 Å². The number of nitrogens with two attached hydrogens (primary N) is 1. The Morgan fingerprint density at radius 2 is 1.95 bits per heavy atom. The Morgan fingerprint density at radius 1 is 1.20 bits per heavy atom. The van der Waals surface area contributed by atoms with Gasteiger partial charge in [0.25, 0.3) is 0 Å². The highest BCUT2D eigenvalue weighted by molar-refractivity contribution is 9.10. The van der Waals surface area contributed by atoms with Gasteiger partial charge < -0.3 is 0 Å². The van der Waals surface area contributed by atoms with Crippen molar-refractivity contribution < 1.29 is 4.39 Å². The summed E-state index contributed by atoms with van der Waals surface area (Å²) in [6.45, 7) is 3.96. The first-order valence-corrected chi connectivity index (χ1v) is 7.27. The van der Waals surface area contributed by atoms with E-state index in [9.17, 15) is 4.39 Å². The highest BCUT2D eigenvalue weighted by atomic mass is 79.9. The fraction of sp³-hybridized carbons (Fsp3) is 0.250. The number of hydrazine groups is 1. The largest absolute Gasteiger partial charge is 0.271 e. The molecule has 0 bridgehead atoms. The van der Waals surface area contributed by atoms with Crippen LogP contribution in [0.2, 0.25) is 0 Å². The van der Waals surface area contributed by atoms with Gasteiger partial charge in [-0.1, -0.05) is 39.7 Å². The third-order valence-electron chi connectivity index (χ3n) is 3.46. The Kier molecular flexibility index (Phi) is 4.91. The molecular weight excluding hydrogens is 319 g/mol. The lowest BCUT2D eigenvalue weighted by Crippen LogP contribution is -2.30. The Balaban J connectivity index is 2.31. The van der Waals surface area contributed by atoms with Crippen LogP contribution in [0, 0.1) is 19.7 Å². The van der Waals surface area contributed by atoms with Crippen molar-refractivity contribution >= 4 is 15.9 Å². The van der Waals surface area contributed by atoms with E-state index in [1.165, 1.54) is 11.6 Å². The minimum Gasteiger partial charge on any atom is -0.271 e. The van der Waals surface area contributed by atoms with Crippen LogP contribution in [0.3, 0.4) is 0 Å². The van der Waals surface area contributed by atoms with Gasteiger partial charge in [0.2, 0.25) is 0 Å². The molecule has 0 radical (unpaired) electrons. The van der Waals surface area contributed by atoms with Gasteiger partial charge in [0, 0.05) is 4.47 Å². The molecule has 4 heteroatoms. The first-order valence-electron chi connectivity index (χ1n) is 6.48. The van der Waals surface area contributed by atoms with Crippen molar-refractivity contribution in [2.75, 3.05) is 0 Å². The van der Waals surface area contributed by atoms with Crippen LogP contribution in [0.1, 0.15) is 28.3 Å². The molecular formula is C16H18BrFN2. The topological polar surface area (TPSA) is 38.0 Å². The molecule has 1 atom stereocenters. The summed E-state index contributed by atoms with van der Waals surface area (Å²) >= 11 is 3.56. The number of rotatable bonds is 4. The van der Waals surface area contributed by atoms with Crippen LogP contribution < -0.4 is 11.3 Å². The fourth-order valence-corrected chi connectivity index (χ4v) is 2.82. The van der Waals surface area contributed by atoms with Crippen molar-refractivity contribution in [2.24, 2.45) is 5.84 Å². The van der Waals surface area contributed by atoms with Crippen molar-refractivity contribution in [3.8, 4) is 0 Å². The quantitative estimate of drug-likeness (QED) is 0.655. The summed E-state index contributed by atoms with van der Waals surface area (Å²) in [6, 6.07) is 11.0. The standard InChI is InChI=1S/C16H18BrFN2/c1-10-3-6-15(17)14(7-10)16(20-19)9-12-4-5-13(18)8-11(12)2/h3-8,16,20H,9,19H2,1-2H3. The van der Waals surface area contributed by atoms with Gasteiger partial charge >= 0.3 is 0 Å². The molecule has 20 heavy (non-hydrogen) atoms. The molecule has 0 saturated heterocycles. The SMILES string of the molecule is Cc1ccc(Br)c(C(Cc2ccc(F)cc2C)NN)c1. The van der Waals surface area contributed by atoms with Crippen LogP contribution in [0.4, 0.5) is 4.39 Å². The summed E-state index contributed by atoms with van der Waals surface area (Å²) < 4.78 is 14.2. The number of nitrogens with one attached hydrogen (secondary N) is 1. The minimum atomic E-state index is -0.208. The second kappa shape index (κ2) is 6.48. The number of benzene rings is 2. The molecule has 0 amide bonds. The minimum absolute atomic E-state index is 0.0200. The lowest BCUT2D eigenvalue weighted by Gasteiger charge is -2.19. The van der Waals surface area contributed by atoms with Gasteiger partial charge in [-0.05, 0) is 55.2 Å². The Bertz CT molecular complexity index is 613. The lowest BCUT2D eigenvalue weighted by atomic mass is 9.95. The fourth-order valence-electron chi connectivity index (χ4n) is 2.30. The normalized spacial score (nSPS) is 12.4. The van der Waals surface area contributed by atoms with E-state index in [4.69, 9.17) is 5.84 Å². The molecule has 3 N–H and O–H groups in total. The van der Waals surface area contributed by atoms with Crippen molar-refractivity contribution in [1.82, 2.24) is 5.43 Å². The van der Waals surface area contributed by atoms with Crippen LogP contribution in [-0.2, 0) is 6.42 Å². The molecule has 106 valence electrons. The molecule has 0 fully saturated rings. The summed E-state index contributed by atoms with van der Waals surface area (Å²) in [5, 5.41) is 0. The average molecular weight is 337 g/mol. The molecule has 0 aliphatic rings. The Labute approximate surface area is 127 Å². The second-order valence-electron chi connectivity index (χ2n) is 5.02. The highest BCUT2D eigenvalue weighted by Crippen LogP contribution is 2.27. The van der Waals surface area contributed by atoms with Gasteiger partial charge in [-0.25, -0.2) is 4.39 Å². The predicted octanol–water partition coefficient (Wildman–Crippen LogP) is 3.95. The average Bonchev–Trinajstić information content (AvgIpc) is 2.41. The van der Waals surface area contributed by atoms with E-state index in [-0.39, 0.29) is 11.9 Å². The van der Waals surface area contributed by atoms with E-state index >= 15 is 0 Å². The molecule has 2 rings (SSSR count). The molecule has 0 spiro atoms. The summed E-state index contributed by atoms with van der Waals surface area (Å²) in [5.74, 6) is 5.50. The first-order chi connectivity index (χ1) is 9.51. The molecule has 0 aromatic heterocycles. The monoisotopic (exact) mass is 336 g/mol. The number of hydrogen-bond acceptors (Lipinski definition) is 2. The van der Waals surface area contributed by atoms with E-state index in [0.29, 0.717) is 6.42 Å². The maximum atomic E-state index is 13.2. The van der Waals surface area contributed by atoms with E-state index < -0.39 is 0 Å². The van der Waals surface area contributed by atoms with Crippen LogP contribution in [0.25, 0.3) is 0 Å². The van der Waals surface area contributed by atoms with Gasteiger partial charge in [-0.15, -0.1) is 0 Å². The highest BCUT2D eigenvalue weighted by Gasteiger charge is 2.15. The summed E-state index contributed by atoms with van der Waals surface area (Å²) in [6.07, 6.45) is 0.713. The van der Waals surface area contributed by atoms with Crippen molar-refractivity contribution in [3.05, 3.63) is 68.9 Å². The molecule has 0 aliphatic carbocycles. The van der Waals surface area contributed by atoms with Gasteiger partial charge in [-0.3, -0.25) is 11.3 Å². The van der Waals surface area contributed by atoms with Crippen molar-refractivity contribution in [2.45, 2.75) is 26.3 Å². The Hall–Kier alpha value is -1.23. The van der Waals surface area contributed by atoms with Crippen LogP contribution in [-0.4, -0.2) is 0 Å². The van der Waals surface area contributed by atoms with Crippen LogP contribution in [0.15, 0.2) is 40.9 Å². The van der Waals surface area contributed by atoms with Gasteiger partial charge in [-0.2, -0.15) is 0 Å². The lowest BCUT2D eigenvalue weighted by molar-refractivity contribution is 0.547. The van der Waals surface area contributed by atoms with E-state index in [1.54, 1.807) is 6.07 Å². The molecule has 1 unspecified atom stereocenters. The van der Waals surface area contributed by atoms with Crippen LogP contribution >= 0.6 is 15.9 Å². The molecule has 2 aromatic carbocycles. The summed E-state index contributed by atoms with van der Waals surface area (Å²) in [7, 11) is 0. The smallest absolute Gasteiger partial charge is 0.123 e.